The number of thiazole rings is 1. The number of aromatic nitrogens is 4. The number of hydrogen-bond donors (Lipinski definition) is 2. The van der Waals surface area contributed by atoms with Crippen molar-refractivity contribution in [2.45, 2.75) is 20.3 Å². The molecule has 0 unspecified atom stereocenters. The first kappa shape index (κ1) is 23.0. The number of carbonyl (C=O) groups excluding carboxylic acids is 2. The molecule has 3 heterocycles. The molecule has 172 valence electrons. The van der Waals surface area contributed by atoms with Gasteiger partial charge in [0.1, 0.15) is 0 Å². The van der Waals surface area contributed by atoms with Gasteiger partial charge in [-0.1, -0.05) is 6.07 Å². The van der Waals surface area contributed by atoms with Crippen LogP contribution in [0.25, 0.3) is 11.3 Å². The lowest BCUT2D eigenvalue weighted by atomic mass is 10.1. The van der Waals surface area contributed by atoms with E-state index in [9.17, 15) is 9.59 Å². The molecule has 0 bridgehead atoms. The summed E-state index contributed by atoms with van der Waals surface area (Å²) in [6.45, 7) is 3.99. The Balaban J connectivity index is 1.47. The number of ether oxygens (including phenoxy) is 1. The number of aryl methyl sites for hydroxylation is 1. The second kappa shape index (κ2) is 10.6. The number of amides is 1. The Morgan fingerprint density at radius 1 is 1.12 bits per heavy atom. The van der Waals surface area contributed by atoms with E-state index in [1.165, 1.54) is 11.3 Å². The second-order valence-corrected chi connectivity index (χ2v) is 8.10. The summed E-state index contributed by atoms with van der Waals surface area (Å²) < 4.78 is 4.93. The minimum atomic E-state index is -0.352. The summed E-state index contributed by atoms with van der Waals surface area (Å²) in [5.41, 5.74) is 4.24. The zero-order valence-electron chi connectivity index (χ0n) is 18.6. The highest BCUT2D eigenvalue weighted by Crippen LogP contribution is 2.23. The van der Waals surface area contributed by atoms with Crippen LogP contribution in [-0.4, -0.2) is 38.4 Å². The van der Waals surface area contributed by atoms with Crippen LogP contribution in [0.4, 0.5) is 16.8 Å². The molecule has 0 saturated carbocycles. The average molecular weight is 475 g/mol. The number of rotatable bonds is 8. The SMILES string of the molecule is CCOC(=O)Cc1csc(NC(=O)c2ccc(C)c(Nc3nccc(-c4cccnc4)n3)c2)n1. The number of carbonyl (C=O) groups is 2. The quantitative estimate of drug-likeness (QED) is 0.361. The van der Waals surface area contributed by atoms with E-state index in [0.717, 1.165) is 16.8 Å². The molecule has 0 saturated heterocycles. The summed E-state index contributed by atoms with van der Waals surface area (Å²) in [4.78, 5) is 41.7. The van der Waals surface area contributed by atoms with E-state index in [4.69, 9.17) is 4.74 Å². The van der Waals surface area contributed by atoms with Crippen molar-refractivity contribution in [3.05, 3.63) is 77.2 Å². The van der Waals surface area contributed by atoms with Crippen LogP contribution < -0.4 is 10.6 Å². The van der Waals surface area contributed by atoms with Crippen LogP contribution in [0.1, 0.15) is 28.5 Å². The van der Waals surface area contributed by atoms with Gasteiger partial charge < -0.3 is 10.1 Å². The van der Waals surface area contributed by atoms with Gasteiger partial charge in [0.25, 0.3) is 5.91 Å². The van der Waals surface area contributed by atoms with Crippen LogP contribution in [0.5, 0.6) is 0 Å². The first-order valence-electron chi connectivity index (χ1n) is 10.5. The fourth-order valence-electron chi connectivity index (χ4n) is 3.09. The predicted octanol–water partition coefficient (Wildman–Crippen LogP) is 4.41. The number of esters is 1. The number of benzene rings is 1. The van der Waals surface area contributed by atoms with E-state index in [1.54, 1.807) is 43.0 Å². The lowest BCUT2D eigenvalue weighted by Crippen LogP contribution is -2.13. The number of nitrogens with one attached hydrogen (secondary N) is 2. The van der Waals surface area contributed by atoms with Crippen LogP contribution in [0.3, 0.4) is 0 Å². The van der Waals surface area contributed by atoms with Crippen molar-refractivity contribution in [1.29, 1.82) is 0 Å². The van der Waals surface area contributed by atoms with E-state index >= 15 is 0 Å². The Kier molecular flexibility index (Phi) is 7.19. The van der Waals surface area contributed by atoms with Gasteiger partial charge >= 0.3 is 5.97 Å². The molecule has 4 aromatic rings. The summed E-state index contributed by atoms with van der Waals surface area (Å²) in [7, 11) is 0. The van der Waals surface area contributed by atoms with Gasteiger partial charge in [-0.3, -0.25) is 19.9 Å². The van der Waals surface area contributed by atoms with E-state index < -0.39 is 0 Å². The molecule has 4 rings (SSSR count). The van der Waals surface area contributed by atoms with E-state index in [-0.39, 0.29) is 18.3 Å². The average Bonchev–Trinajstić information content (AvgIpc) is 3.27. The van der Waals surface area contributed by atoms with Crippen LogP contribution >= 0.6 is 11.3 Å². The summed E-state index contributed by atoms with van der Waals surface area (Å²) in [5, 5.41) is 8.10. The van der Waals surface area contributed by atoms with Crippen LogP contribution in [0.2, 0.25) is 0 Å². The first-order valence-corrected chi connectivity index (χ1v) is 11.4. The highest BCUT2D eigenvalue weighted by atomic mass is 32.1. The molecule has 10 heteroatoms. The topological polar surface area (TPSA) is 119 Å². The summed E-state index contributed by atoms with van der Waals surface area (Å²) >= 11 is 1.25. The molecule has 3 aromatic heterocycles. The number of hydrogen-bond acceptors (Lipinski definition) is 9. The Bertz CT molecular complexity index is 1310. The van der Waals surface area contributed by atoms with E-state index in [1.807, 2.05) is 31.2 Å². The van der Waals surface area contributed by atoms with Crippen molar-refractivity contribution >= 4 is 40.0 Å². The maximum atomic E-state index is 12.8. The van der Waals surface area contributed by atoms with Crippen molar-refractivity contribution in [3.63, 3.8) is 0 Å². The molecule has 0 aliphatic rings. The van der Waals surface area contributed by atoms with Gasteiger partial charge in [-0.25, -0.2) is 15.0 Å². The third-order valence-electron chi connectivity index (χ3n) is 4.76. The monoisotopic (exact) mass is 474 g/mol. The lowest BCUT2D eigenvalue weighted by molar-refractivity contribution is -0.142. The van der Waals surface area contributed by atoms with Gasteiger partial charge in [0.2, 0.25) is 5.95 Å². The Morgan fingerprint density at radius 3 is 2.79 bits per heavy atom. The molecule has 0 atom stereocenters. The molecule has 0 aliphatic heterocycles. The van der Waals surface area contributed by atoms with Gasteiger partial charge in [0.15, 0.2) is 5.13 Å². The molecule has 0 radical (unpaired) electrons. The van der Waals surface area contributed by atoms with Crippen molar-refractivity contribution < 1.29 is 14.3 Å². The zero-order chi connectivity index (χ0) is 23.9. The fourth-order valence-corrected chi connectivity index (χ4v) is 3.79. The zero-order valence-corrected chi connectivity index (χ0v) is 19.4. The second-order valence-electron chi connectivity index (χ2n) is 7.24. The lowest BCUT2D eigenvalue weighted by Gasteiger charge is -2.11. The van der Waals surface area contributed by atoms with Crippen molar-refractivity contribution in [2.24, 2.45) is 0 Å². The smallest absolute Gasteiger partial charge is 0.311 e. The van der Waals surface area contributed by atoms with E-state index in [0.29, 0.717) is 34.6 Å². The number of nitrogens with zero attached hydrogens (tertiary/aromatic N) is 4. The predicted molar refractivity (Wildman–Crippen MR) is 130 cm³/mol. The normalized spacial score (nSPS) is 10.5. The molecule has 0 fully saturated rings. The Morgan fingerprint density at radius 2 is 2.00 bits per heavy atom. The molecule has 34 heavy (non-hydrogen) atoms. The van der Waals surface area contributed by atoms with Crippen LogP contribution in [0, 0.1) is 6.92 Å². The minimum Gasteiger partial charge on any atom is -0.466 e. The standard InChI is InChI=1S/C24H22N6O3S/c1-3-33-21(31)12-18-14-34-24(27-18)30-22(32)16-7-6-15(2)20(11-16)29-23-26-10-8-19(28-23)17-5-4-9-25-13-17/h4-11,13-14H,3,12H2,1-2H3,(H,26,28,29)(H,27,30,32). The third-order valence-corrected chi connectivity index (χ3v) is 5.57. The molecule has 9 nitrogen and oxygen atoms in total. The summed E-state index contributed by atoms with van der Waals surface area (Å²) in [6, 6.07) is 10.9. The van der Waals surface area contributed by atoms with Gasteiger partial charge in [-0.2, -0.15) is 0 Å². The Hall–Kier alpha value is -4.18. The van der Waals surface area contributed by atoms with Crippen LogP contribution in [-0.2, 0) is 16.0 Å². The fraction of sp³-hybridized carbons (Fsp3) is 0.167. The summed E-state index contributed by atoms with van der Waals surface area (Å²) in [6.07, 6.45) is 5.17. The molecule has 1 aromatic carbocycles. The molecule has 1 amide bonds. The van der Waals surface area contributed by atoms with Crippen molar-refractivity contribution in [3.8, 4) is 11.3 Å². The molecular formula is C24H22N6O3S. The molecule has 2 N–H and O–H groups in total. The number of anilines is 3. The van der Waals surface area contributed by atoms with Gasteiger partial charge in [-0.15, -0.1) is 11.3 Å². The minimum absolute atomic E-state index is 0.0664. The van der Waals surface area contributed by atoms with E-state index in [2.05, 4.69) is 30.6 Å². The highest BCUT2D eigenvalue weighted by molar-refractivity contribution is 7.14. The molecule has 0 spiro atoms. The van der Waals surface area contributed by atoms with Gasteiger partial charge in [0.05, 0.1) is 24.4 Å². The summed E-state index contributed by atoms with van der Waals surface area (Å²) in [5.74, 6) is -0.259. The van der Waals surface area contributed by atoms with Gasteiger partial charge in [-0.05, 0) is 49.7 Å². The first-order chi connectivity index (χ1) is 16.5. The van der Waals surface area contributed by atoms with Crippen molar-refractivity contribution in [2.75, 3.05) is 17.2 Å². The van der Waals surface area contributed by atoms with Crippen LogP contribution in [0.15, 0.2) is 60.4 Å². The molecule has 0 aliphatic carbocycles. The third kappa shape index (κ3) is 5.78. The Labute approximate surface area is 200 Å². The maximum Gasteiger partial charge on any atom is 0.311 e. The number of pyridine rings is 1. The largest absolute Gasteiger partial charge is 0.466 e. The molecular weight excluding hydrogens is 452 g/mol. The maximum absolute atomic E-state index is 12.8. The highest BCUT2D eigenvalue weighted by Gasteiger charge is 2.13. The van der Waals surface area contributed by atoms with Crippen molar-refractivity contribution in [1.82, 2.24) is 19.9 Å². The van der Waals surface area contributed by atoms with Gasteiger partial charge in [0, 0.05) is 40.8 Å².